The lowest BCUT2D eigenvalue weighted by Crippen LogP contribution is -2.50. The van der Waals surface area contributed by atoms with Gasteiger partial charge in [0.15, 0.2) is 5.82 Å². The van der Waals surface area contributed by atoms with E-state index in [-0.39, 0.29) is 11.6 Å². The molecule has 1 N–H and O–H groups in total. The van der Waals surface area contributed by atoms with Gasteiger partial charge in [-0.1, -0.05) is 24.3 Å². The average molecular weight is 663 g/mol. The summed E-state index contributed by atoms with van der Waals surface area (Å²) in [6.07, 6.45) is -19.2. The molecule has 41 heavy (non-hydrogen) atoms. The molecule has 0 fully saturated rings. The molecule has 3 rings (SSSR count). The molecule has 0 aromatic heterocycles. The summed E-state index contributed by atoms with van der Waals surface area (Å²) < 4.78 is 149. The Hall–Kier alpha value is -3.69. The molecule has 16 heteroatoms. The maximum atomic E-state index is 15.3. The number of hydrogen-bond acceptors (Lipinski definition) is 2. The van der Waals surface area contributed by atoms with Gasteiger partial charge in [-0.2, -0.15) is 39.5 Å². The van der Waals surface area contributed by atoms with E-state index in [1.807, 2.05) is 0 Å². The molecule has 0 aliphatic rings. The van der Waals surface area contributed by atoms with Gasteiger partial charge in [-0.3, -0.25) is 9.59 Å². The van der Waals surface area contributed by atoms with Crippen molar-refractivity contribution in [3.05, 3.63) is 93.2 Å². The summed E-state index contributed by atoms with van der Waals surface area (Å²) in [6, 6.07) is 9.37. The number of nitrogens with zero attached hydrogens (tertiary/aromatic N) is 1. The zero-order valence-electron chi connectivity index (χ0n) is 20.1. The first kappa shape index (κ1) is 31.8. The van der Waals surface area contributed by atoms with E-state index >= 15 is 4.39 Å². The zero-order chi connectivity index (χ0) is 31.1. The molecule has 0 heterocycles. The fourth-order valence-electron chi connectivity index (χ4n) is 3.66. The SMILES string of the molecule is CN(C(=O)c1ccccc1)c1cccc(C(=O)Nc2c(Br)cc(C(F)(C(F)(F)F)C(F)(F)F)cc2C(F)(F)F)c1F. The summed E-state index contributed by atoms with van der Waals surface area (Å²) in [7, 11) is 1.14. The van der Waals surface area contributed by atoms with E-state index in [4.69, 9.17) is 0 Å². The zero-order valence-corrected chi connectivity index (χ0v) is 21.7. The van der Waals surface area contributed by atoms with Gasteiger partial charge in [0.05, 0.1) is 22.5 Å². The number of carbonyl (C=O) groups is 2. The van der Waals surface area contributed by atoms with Crippen molar-refractivity contribution in [3.8, 4) is 0 Å². The van der Waals surface area contributed by atoms with Gasteiger partial charge in [-0.05, 0) is 52.3 Å². The summed E-state index contributed by atoms with van der Waals surface area (Å²) in [5.41, 5.74) is -13.7. The van der Waals surface area contributed by atoms with Crippen LogP contribution < -0.4 is 10.2 Å². The largest absolute Gasteiger partial charge is 0.435 e. The minimum atomic E-state index is -6.72. The molecule has 3 aromatic rings. The summed E-state index contributed by atoms with van der Waals surface area (Å²) in [5, 5.41) is 1.59. The second-order valence-corrected chi connectivity index (χ2v) is 9.21. The highest BCUT2D eigenvalue weighted by Crippen LogP contribution is 2.55. The van der Waals surface area contributed by atoms with Crippen LogP contribution in [-0.4, -0.2) is 31.2 Å². The van der Waals surface area contributed by atoms with Crippen LogP contribution in [-0.2, 0) is 11.8 Å². The van der Waals surface area contributed by atoms with E-state index in [1.165, 1.54) is 24.3 Å². The molecule has 0 spiro atoms. The first-order valence-electron chi connectivity index (χ1n) is 10.9. The minimum Gasteiger partial charge on any atom is -0.320 e. The first-order chi connectivity index (χ1) is 18.7. The number of alkyl halides is 10. The minimum absolute atomic E-state index is 0.116. The van der Waals surface area contributed by atoms with E-state index in [9.17, 15) is 53.5 Å². The van der Waals surface area contributed by atoms with Crippen molar-refractivity contribution in [3.63, 3.8) is 0 Å². The summed E-state index contributed by atoms with van der Waals surface area (Å²) in [5.74, 6) is -3.75. The molecular formula is C25H14BrF11N2O2. The smallest absolute Gasteiger partial charge is 0.320 e. The summed E-state index contributed by atoms with van der Waals surface area (Å²) in [6.45, 7) is 0. The van der Waals surface area contributed by atoms with Crippen LogP contribution in [0.15, 0.2) is 65.1 Å². The molecule has 0 radical (unpaired) electrons. The Morgan fingerprint density at radius 1 is 0.805 bits per heavy atom. The maximum absolute atomic E-state index is 15.3. The Morgan fingerprint density at radius 2 is 1.37 bits per heavy atom. The van der Waals surface area contributed by atoms with Gasteiger partial charge in [0.1, 0.15) is 0 Å². The van der Waals surface area contributed by atoms with Crippen LogP contribution in [0.2, 0.25) is 0 Å². The Morgan fingerprint density at radius 3 is 1.88 bits per heavy atom. The van der Waals surface area contributed by atoms with Gasteiger partial charge in [-0.15, -0.1) is 0 Å². The Bertz CT molecular complexity index is 1460. The van der Waals surface area contributed by atoms with Gasteiger partial charge < -0.3 is 10.2 Å². The van der Waals surface area contributed by atoms with Crippen molar-refractivity contribution in [2.45, 2.75) is 24.2 Å². The van der Waals surface area contributed by atoms with Crippen molar-refractivity contribution in [1.82, 2.24) is 0 Å². The predicted octanol–water partition coefficient (Wildman–Crippen LogP) is 8.43. The lowest BCUT2D eigenvalue weighted by Gasteiger charge is -2.31. The molecule has 0 aliphatic heterocycles. The van der Waals surface area contributed by atoms with E-state index in [2.05, 4.69) is 15.9 Å². The van der Waals surface area contributed by atoms with Gasteiger partial charge in [0.25, 0.3) is 11.8 Å². The van der Waals surface area contributed by atoms with Crippen molar-refractivity contribution in [2.75, 3.05) is 17.3 Å². The van der Waals surface area contributed by atoms with Gasteiger partial charge in [0.2, 0.25) is 0 Å². The standard InChI is InChI=1S/C25H14BrF11N2O2/c1-39(21(41)12-6-3-2-4-7-12)17-9-5-8-14(18(17)27)20(40)38-19-15(23(29,30)31)10-13(11-16(19)26)22(28,24(32,33)34)25(35,36)37/h2-11H,1H3,(H,38,40). The maximum Gasteiger partial charge on any atom is 0.435 e. The monoisotopic (exact) mass is 662 g/mol. The number of rotatable bonds is 5. The number of anilines is 2. The second kappa shape index (κ2) is 10.9. The number of nitrogens with one attached hydrogen (secondary N) is 1. The number of hydrogen-bond donors (Lipinski definition) is 1. The molecule has 0 aliphatic carbocycles. The van der Waals surface area contributed by atoms with Crippen molar-refractivity contribution in [1.29, 1.82) is 0 Å². The molecule has 0 atom stereocenters. The first-order valence-corrected chi connectivity index (χ1v) is 11.7. The molecule has 3 aromatic carbocycles. The van der Waals surface area contributed by atoms with Crippen LogP contribution in [0.4, 0.5) is 59.7 Å². The highest BCUT2D eigenvalue weighted by Gasteiger charge is 2.73. The summed E-state index contributed by atoms with van der Waals surface area (Å²) in [4.78, 5) is 26.3. The van der Waals surface area contributed by atoms with Crippen LogP contribution in [0.1, 0.15) is 31.8 Å². The third kappa shape index (κ3) is 6.01. The molecule has 0 unspecified atom stereocenters. The highest BCUT2D eigenvalue weighted by molar-refractivity contribution is 9.10. The average Bonchev–Trinajstić information content (AvgIpc) is 2.86. The Balaban J connectivity index is 2.08. The lowest BCUT2D eigenvalue weighted by molar-refractivity contribution is -0.348. The van der Waals surface area contributed by atoms with Crippen molar-refractivity contribution >= 4 is 39.1 Å². The Labute approximate surface area is 231 Å². The van der Waals surface area contributed by atoms with Crippen molar-refractivity contribution in [2.24, 2.45) is 0 Å². The van der Waals surface area contributed by atoms with E-state index in [0.717, 1.165) is 30.1 Å². The third-order valence-electron chi connectivity index (χ3n) is 5.72. The Kier molecular flexibility index (Phi) is 8.50. The molecule has 220 valence electrons. The molecule has 0 saturated heterocycles. The van der Waals surface area contributed by atoms with Crippen LogP contribution in [0.3, 0.4) is 0 Å². The lowest BCUT2D eigenvalue weighted by atomic mass is 9.92. The van der Waals surface area contributed by atoms with Crippen LogP contribution in [0, 0.1) is 5.82 Å². The van der Waals surface area contributed by atoms with Crippen molar-refractivity contribution < 1.29 is 57.9 Å². The number of amides is 2. The van der Waals surface area contributed by atoms with Crippen LogP contribution in [0.25, 0.3) is 0 Å². The third-order valence-corrected chi connectivity index (χ3v) is 6.35. The summed E-state index contributed by atoms with van der Waals surface area (Å²) >= 11 is 2.36. The number of halogens is 12. The van der Waals surface area contributed by atoms with Gasteiger partial charge in [0, 0.05) is 22.6 Å². The fraction of sp³-hybridized carbons (Fsp3) is 0.200. The van der Waals surface area contributed by atoms with E-state index < -0.39 is 80.4 Å². The van der Waals surface area contributed by atoms with E-state index in [1.54, 1.807) is 11.4 Å². The van der Waals surface area contributed by atoms with Crippen LogP contribution >= 0.6 is 15.9 Å². The molecule has 2 amide bonds. The van der Waals surface area contributed by atoms with Gasteiger partial charge in [-0.25, -0.2) is 8.78 Å². The number of carbonyl (C=O) groups excluding carboxylic acids is 2. The quantitative estimate of drug-likeness (QED) is 0.279. The second-order valence-electron chi connectivity index (χ2n) is 8.36. The molecule has 0 bridgehead atoms. The topological polar surface area (TPSA) is 49.4 Å². The highest BCUT2D eigenvalue weighted by atomic mass is 79.9. The predicted molar refractivity (Wildman–Crippen MR) is 128 cm³/mol. The van der Waals surface area contributed by atoms with E-state index in [0.29, 0.717) is 0 Å². The van der Waals surface area contributed by atoms with Crippen LogP contribution in [0.5, 0.6) is 0 Å². The fourth-order valence-corrected chi connectivity index (χ4v) is 4.22. The number of benzene rings is 3. The van der Waals surface area contributed by atoms with Gasteiger partial charge >= 0.3 is 24.2 Å². The molecule has 4 nitrogen and oxygen atoms in total. The molecular weight excluding hydrogens is 649 g/mol. The molecule has 0 saturated carbocycles. The normalized spacial score (nSPS) is 12.7.